The molecular weight excluding hydrogens is 402 g/mol. The molecule has 0 spiro atoms. The summed E-state index contributed by atoms with van der Waals surface area (Å²) in [5.41, 5.74) is 4.11. The number of hydrogen-bond donors (Lipinski definition) is 0. The number of nitrogens with zero attached hydrogens (tertiary/aromatic N) is 7. The summed E-state index contributed by atoms with van der Waals surface area (Å²) in [7, 11) is 0. The van der Waals surface area contributed by atoms with Crippen molar-refractivity contribution < 1.29 is 4.74 Å². The first kappa shape index (κ1) is 18.3. The van der Waals surface area contributed by atoms with Crippen molar-refractivity contribution >= 4 is 11.5 Å². The van der Waals surface area contributed by atoms with Crippen molar-refractivity contribution in [1.82, 2.24) is 24.7 Å². The van der Waals surface area contributed by atoms with E-state index in [1.165, 1.54) is 18.4 Å². The molecule has 4 aliphatic rings. The van der Waals surface area contributed by atoms with Crippen molar-refractivity contribution in [2.75, 3.05) is 11.4 Å². The summed E-state index contributed by atoms with van der Waals surface area (Å²) in [6.45, 7) is 5.25. The molecule has 32 heavy (non-hydrogen) atoms. The molecule has 2 fully saturated rings. The Labute approximate surface area is 186 Å². The van der Waals surface area contributed by atoms with Gasteiger partial charge in [0.2, 0.25) is 0 Å². The predicted octanol–water partition coefficient (Wildman–Crippen LogP) is 3.25. The normalized spacial score (nSPS) is 20.5. The van der Waals surface area contributed by atoms with Gasteiger partial charge in [-0.05, 0) is 50.3 Å². The molecule has 2 saturated carbocycles. The van der Waals surface area contributed by atoms with Crippen LogP contribution in [0, 0.1) is 0 Å². The maximum Gasteiger partial charge on any atom is 0.154 e. The van der Waals surface area contributed by atoms with Crippen molar-refractivity contribution in [1.29, 1.82) is 0 Å². The molecule has 0 saturated heterocycles. The number of benzene rings is 1. The average Bonchev–Trinajstić information content (AvgIpc) is 3.70. The lowest BCUT2D eigenvalue weighted by atomic mass is 10.0. The fourth-order valence-electron chi connectivity index (χ4n) is 4.52. The van der Waals surface area contributed by atoms with Gasteiger partial charge < -0.3 is 9.64 Å². The van der Waals surface area contributed by atoms with Crippen LogP contribution >= 0.6 is 0 Å². The lowest BCUT2D eigenvalue weighted by Gasteiger charge is -2.27. The van der Waals surface area contributed by atoms with E-state index < -0.39 is 0 Å². The average molecular weight is 428 g/mol. The smallest absolute Gasteiger partial charge is 0.154 e. The second-order valence-corrected chi connectivity index (χ2v) is 9.60. The Kier molecular flexibility index (Phi) is 3.78. The molecule has 0 unspecified atom stereocenters. The Morgan fingerprint density at radius 3 is 2.84 bits per heavy atom. The first-order valence-corrected chi connectivity index (χ1v) is 11.5. The Bertz CT molecular complexity index is 1250. The topological polar surface area (TPSA) is 81.3 Å². The third-order valence-corrected chi connectivity index (χ3v) is 6.90. The first-order valence-electron chi connectivity index (χ1n) is 11.5. The van der Waals surface area contributed by atoms with Crippen molar-refractivity contribution in [3.05, 3.63) is 59.1 Å². The van der Waals surface area contributed by atoms with Gasteiger partial charge in [-0.3, -0.25) is 4.99 Å². The summed E-state index contributed by atoms with van der Waals surface area (Å²) in [5, 5.41) is 4.70. The lowest BCUT2D eigenvalue weighted by Crippen LogP contribution is -2.35. The fraction of sp³-hybridized carbons (Fsp3) is 0.458. The van der Waals surface area contributed by atoms with E-state index in [1.807, 2.05) is 0 Å². The lowest BCUT2D eigenvalue weighted by molar-refractivity contribution is 0.200. The van der Waals surface area contributed by atoms with Crippen LogP contribution in [0.2, 0.25) is 0 Å². The molecule has 3 aromatic rings. The standard InChI is InChI=1S/C24H25N7O/c1-24(6-7-24)32-17-5-4-16-12-25-22(18(16)10-17)19-11-20(27-14-26-19)30-8-9-31-21(13-30)28-23(29-31)15-2-3-15/h4-5,10-11,14-15H,2-3,6-9,12-13H2,1H3. The monoisotopic (exact) mass is 427 g/mol. The number of rotatable bonds is 5. The van der Waals surface area contributed by atoms with Crippen LogP contribution in [0.15, 0.2) is 35.6 Å². The minimum atomic E-state index is 0.000421. The number of aliphatic imine (C=N–C) groups is 1. The SMILES string of the molecule is CC1(Oc2ccc3c(c2)C(c2cc(N4CCn5nc(C6CC6)nc5C4)ncn2)=NC3)CC1. The summed E-state index contributed by atoms with van der Waals surface area (Å²) in [5.74, 6) is 4.43. The van der Waals surface area contributed by atoms with Gasteiger partial charge in [0, 0.05) is 24.1 Å². The van der Waals surface area contributed by atoms with Crippen LogP contribution in [-0.2, 0) is 19.6 Å². The Balaban J connectivity index is 1.15. The van der Waals surface area contributed by atoms with Gasteiger partial charge in [0.25, 0.3) is 0 Å². The van der Waals surface area contributed by atoms with Gasteiger partial charge in [0.05, 0.1) is 31.0 Å². The summed E-state index contributed by atoms with van der Waals surface area (Å²) >= 11 is 0. The number of aromatic nitrogens is 5. The zero-order valence-electron chi connectivity index (χ0n) is 18.2. The van der Waals surface area contributed by atoms with E-state index >= 15 is 0 Å². The zero-order chi connectivity index (χ0) is 21.3. The number of hydrogen-bond acceptors (Lipinski definition) is 7. The molecule has 7 rings (SSSR count). The summed E-state index contributed by atoms with van der Waals surface area (Å²) in [6, 6.07) is 8.36. The third kappa shape index (κ3) is 3.16. The van der Waals surface area contributed by atoms with Gasteiger partial charge in [-0.1, -0.05) is 6.07 Å². The molecule has 1 aromatic carbocycles. The number of fused-ring (bicyclic) bond motifs is 2. The van der Waals surface area contributed by atoms with E-state index in [0.29, 0.717) is 12.5 Å². The van der Waals surface area contributed by atoms with E-state index in [2.05, 4.69) is 50.7 Å². The van der Waals surface area contributed by atoms with Gasteiger partial charge in [0.1, 0.15) is 29.3 Å². The molecular formula is C24H25N7O. The van der Waals surface area contributed by atoms with Gasteiger partial charge in [-0.25, -0.2) is 19.6 Å². The molecule has 0 radical (unpaired) electrons. The molecule has 8 nitrogen and oxygen atoms in total. The molecule has 0 bridgehead atoms. The Morgan fingerprint density at radius 2 is 2.00 bits per heavy atom. The van der Waals surface area contributed by atoms with E-state index in [4.69, 9.17) is 19.8 Å². The minimum absolute atomic E-state index is 0.000421. The third-order valence-electron chi connectivity index (χ3n) is 6.90. The summed E-state index contributed by atoms with van der Waals surface area (Å²) in [6.07, 6.45) is 6.32. The highest BCUT2D eigenvalue weighted by Gasteiger charge is 2.40. The van der Waals surface area contributed by atoms with Crippen molar-refractivity contribution in [3.8, 4) is 5.75 Å². The quantitative estimate of drug-likeness (QED) is 0.622. The van der Waals surface area contributed by atoms with Crippen LogP contribution in [-0.4, -0.2) is 42.6 Å². The minimum Gasteiger partial charge on any atom is -0.488 e. The number of anilines is 1. The predicted molar refractivity (Wildman–Crippen MR) is 119 cm³/mol. The maximum atomic E-state index is 6.19. The molecule has 2 aromatic heterocycles. The molecule has 162 valence electrons. The van der Waals surface area contributed by atoms with Crippen LogP contribution in [0.5, 0.6) is 5.75 Å². The van der Waals surface area contributed by atoms with Crippen LogP contribution < -0.4 is 9.64 Å². The highest BCUT2D eigenvalue weighted by atomic mass is 16.5. The van der Waals surface area contributed by atoms with Gasteiger partial charge in [-0.15, -0.1) is 0 Å². The van der Waals surface area contributed by atoms with E-state index in [9.17, 15) is 0 Å². The van der Waals surface area contributed by atoms with Gasteiger partial charge >= 0.3 is 0 Å². The van der Waals surface area contributed by atoms with Crippen LogP contribution in [0.1, 0.15) is 67.0 Å². The molecule has 2 aliphatic carbocycles. The summed E-state index contributed by atoms with van der Waals surface area (Å²) < 4.78 is 8.25. The Hall–Kier alpha value is -3.29. The number of ether oxygens (including phenoxy) is 1. The molecule has 0 atom stereocenters. The molecule has 8 heteroatoms. The summed E-state index contributed by atoms with van der Waals surface area (Å²) in [4.78, 5) is 21.0. The first-order chi connectivity index (χ1) is 15.6. The van der Waals surface area contributed by atoms with E-state index in [1.54, 1.807) is 6.33 Å². The molecule has 4 heterocycles. The van der Waals surface area contributed by atoms with Gasteiger partial charge in [0.15, 0.2) is 5.82 Å². The second kappa shape index (κ2) is 6.60. The molecule has 0 amide bonds. The van der Waals surface area contributed by atoms with Gasteiger partial charge in [-0.2, -0.15) is 5.10 Å². The fourth-order valence-corrected chi connectivity index (χ4v) is 4.52. The van der Waals surface area contributed by atoms with Crippen molar-refractivity contribution in [2.45, 2.75) is 63.8 Å². The van der Waals surface area contributed by atoms with Crippen molar-refractivity contribution in [2.24, 2.45) is 4.99 Å². The van der Waals surface area contributed by atoms with Crippen LogP contribution in [0.3, 0.4) is 0 Å². The maximum absolute atomic E-state index is 6.19. The highest BCUT2D eigenvalue weighted by molar-refractivity contribution is 6.14. The second-order valence-electron chi connectivity index (χ2n) is 9.60. The Morgan fingerprint density at radius 1 is 1.09 bits per heavy atom. The molecule has 2 aliphatic heterocycles. The van der Waals surface area contributed by atoms with E-state index in [0.717, 1.165) is 72.7 Å². The van der Waals surface area contributed by atoms with Crippen molar-refractivity contribution in [3.63, 3.8) is 0 Å². The highest BCUT2D eigenvalue weighted by Crippen LogP contribution is 2.40. The van der Waals surface area contributed by atoms with Crippen LogP contribution in [0.4, 0.5) is 5.82 Å². The van der Waals surface area contributed by atoms with E-state index in [-0.39, 0.29) is 5.60 Å². The molecule has 0 N–H and O–H groups in total. The zero-order valence-corrected chi connectivity index (χ0v) is 18.2. The van der Waals surface area contributed by atoms with Crippen LogP contribution in [0.25, 0.3) is 0 Å². The largest absolute Gasteiger partial charge is 0.488 e.